The Hall–Kier alpha value is -0.940. The third-order valence-corrected chi connectivity index (χ3v) is 2.99. The lowest BCUT2D eigenvalue weighted by Crippen LogP contribution is -2.02. The van der Waals surface area contributed by atoms with Crippen LogP contribution in [0.25, 0.3) is 0 Å². The second-order valence-electron chi connectivity index (χ2n) is 3.48. The molecule has 2 nitrogen and oxygen atoms in total. The standard InChI is InChI=1S/C11H8BrClF2N2/c12-8-3-1-2-7(4-8)6-17-10(13)5-9(16-17)11(14)15/h1-5,11H,6H2. The molecule has 17 heavy (non-hydrogen) atoms. The minimum absolute atomic E-state index is 0.209. The Balaban J connectivity index is 2.24. The maximum absolute atomic E-state index is 12.4. The van der Waals surface area contributed by atoms with Crippen LogP contribution in [0.2, 0.25) is 5.15 Å². The first-order chi connectivity index (χ1) is 8.06. The van der Waals surface area contributed by atoms with Crippen molar-refractivity contribution in [3.05, 3.63) is 51.2 Å². The van der Waals surface area contributed by atoms with Crippen LogP contribution < -0.4 is 0 Å². The van der Waals surface area contributed by atoms with Crippen LogP contribution in [0.1, 0.15) is 17.7 Å². The highest BCUT2D eigenvalue weighted by Crippen LogP contribution is 2.22. The fourth-order valence-corrected chi connectivity index (χ4v) is 2.09. The van der Waals surface area contributed by atoms with Crippen LogP contribution in [0.4, 0.5) is 8.78 Å². The van der Waals surface area contributed by atoms with Gasteiger partial charge in [-0.05, 0) is 17.7 Å². The molecule has 0 aliphatic carbocycles. The fourth-order valence-electron chi connectivity index (χ4n) is 1.44. The maximum atomic E-state index is 12.4. The van der Waals surface area contributed by atoms with Crippen LogP contribution in [-0.4, -0.2) is 9.78 Å². The summed E-state index contributed by atoms with van der Waals surface area (Å²) in [5.41, 5.74) is 0.634. The molecule has 0 aliphatic rings. The summed E-state index contributed by atoms with van der Waals surface area (Å²) in [4.78, 5) is 0. The summed E-state index contributed by atoms with van der Waals surface area (Å²) < 4.78 is 27.1. The van der Waals surface area contributed by atoms with Gasteiger partial charge in [0.15, 0.2) is 0 Å². The van der Waals surface area contributed by atoms with E-state index < -0.39 is 6.43 Å². The summed E-state index contributed by atoms with van der Waals surface area (Å²) in [6, 6.07) is 8.71. The van der Waals surface area contributed by atoms with E-state index in [1.54, 1.807) is 0 Å². The molecular weight excluding hydrogens is 313 g/mol. The zero-order valence-electron chi connectivity index (χ0n) is 8.58. The second-order valence-corrected chi connectivity index (χ2v) is 4.78. The average molecular weight is 322 g/mol. The van der Waals surface area contributed by atoms with E-state index in [1.807, 2.05) is 24.3 Å². The van der Waals surface area contributed by atoms with E-state index in [0.29, 0.717) is 6.54 Å². The third-order valence-electron chi connectivity index (χ3n) is 2.19. The molecule has 0 saturated heterocycles. The summed E-state index contributed by atoms with van der Waals surface area (Å²) >= 11 is 9.17. The van der Waals surface area contributed by atoms with Gasteiger partial charge >= 0.3 is 0 Å². The van der Waals surface area contributed by atoms with Crippen LogP contribution >= 0.6 is 27.5 Å². The Morgan fingerprint density at radius 2 is 2.12 bits per heavy atom. The molecule has 1 aromatic heterocycles. The minimum Gasteiger partial charge on any atom is -0.249 e. The van der Waals surface area contributed by atoms with E-state index in [2.05, 4.69) is 21.0 Å². The molecule has 0 spiro atoms. The van der Waals surface area contributed by atoms with Crippen molar-refractivity contribution in [3.63, 3.8) is 0 Å². The van der Waals surface area contributed by atoms with Crippen LogP contribution in [-0.2, 0) is 6.54 Å². The van der Waals surface area contributed by atoms with Gasteiger partial charge in [0.05, 0.1) is 6.54 Å². The predicted octanol–water partition coefficient (Wildman–Crippen LogP) is 4.28. The van der Waals surface area contributed by atoms with Crippen LogP contribution in [0, 0.1) is 0 Å². The summed E-state index contributed by atoms with van der Waals surface area (Å²) in [5, 5.41) is 3.96. The van der Waals surface area contributed by atoms with Gasteiger partial charge in [-0.25, -0.2) is 13.5 Å². The summed E-state index contributed by atoms with van der Waals surface area (Å²) in [5.74, 6) is 0. The summed E-state index contributed by atoms with van der Waals surface area (Å²) in [6.45, 7) is 0.366. The van der Waals surface area contributed by atoms with Gasteiger partial charge in [0.2, 0.25) is 0 Å². The Bertz CT molecular complexity index is 528. The number of aromatic nitrogens is 2. The summed E-state index contributed by atoms with van der Waals surface area (Å²) in [7, 11) is 0. The highest BCUT2D eigenvalue weighted by Gasteiger charge is 2.14. The molecule has 1 aromatic carbocycles. The molecule has 0 amide bonds. The molecule has 90 valence electrons. The Labute approximate surface area is 110 Å². The van der Waals surface area contributed by atoms with Gasteiger partial charge in [-0.2, -0.15) is 5.10 Å². The fraction of sp³-hybridized carbons (Fsp3) is 0.182. The van der Waals surface area contributed by atoms with Gasteiger partial charge in [0, 0.05) is 10.5 Å². The number of hydrogen-bond donors (Lipinski definition) is 0. The predicted molar refractivity (Wildman–Crippen MR) is 65.4 cm³/mol. The first-order valence-electron chi connectivity index (χ1n) is 4.82. The van der Waals surface area contributed by atoms with Crippen molar-refractivity contribution in [1.29, 1.82) is 0 Å². The summed E-state index contributed by atoms with van der Waals surface area (Å²) in [6.07, 6.45) is -2.60. The highest BCUT2D eigenvalue weighted by molar-refractivity contribution is 9.10. The molecule has 0 unspecified atom stereocenters. The molecule has 0 atom stereocenters. The third kappa shape index (κ3) is 3.04. The smallest absolute Gasteiger partial charge is 0.249 e. The number of rotatable bonds is 3. The van der Waals surface area contributed by atoms with E-state index in [1.165, 1.54) is 10.7 Å². The molecule has 2 rings (SSSR count). The van der Waals surface area contributed by atoms with Gasteiger partial charge in [0.1, 0.15) is 10.8 Å². The Kier molecular flexibility index (Phi) is 3.79. The minimum atomic E-state index is -2.60. The zero-order chi connectivity index (χ0) is 12.4. The topological polar surface area (TPSA) is 17.8 Å². The monoisotopic (exact) mass is 320 g/mol. The molecule has 0 fully saturated rings. The van der Waals surface area contributed by atoms with Crippen LogP contribution in [0.5, 0.6) is 0 Å². The average Bonchev–Trinajstić information content (AvgIpc) is 2.61. The van der Waals surface area contributed by atoms with E-state index in [4.69, 9.17) is 11.6 Å². The molecular formula is C11H8BrClF2N2. The number of nitrogens with zero attached hydrogens (tertiary/aromatic N) is 2. The molecule has 0 radical (unpaired) electrons. The van der Waals surface area contributed by atoms with Crippen molar-refractivity contribution in [2.24, 2.45) is 0 Å². The number of hydrogen-bond acceptors (Lipinski definition) is 1. The van der Waals surface area contributed by atoms with Crippen LogP contribution in [0.3, 0.4) is 0 Å². The lowest BCUT2D eigenvalue weighted by Gasteiger charge is -2.03. The molecule has 0 N–H and O–H groups in total. The number of halogens is 4. The van der Waals surface area contributed by atoms with Gasteiger partial charge in [-0.3, -0.25) is 0 Å². The van der Waals surface area contributed by atoms with Gasteiger partial charge in [0.25, 0.3) is 6.43 Å². The quantitative estimate of drug-likeness (QED) is 0.825. The Morgan fingerprint density at radius 1 is 1.35 bits per heavy atom. The molecule has 0 aliphatic heterocycles. The first kappa shape index (κ1) is 12.5. The maximum Gasteiger partial charge on any atom is 0.282 e. The van der Waals surface area contributed by atoms with Crippen LogP contribution in [0.15, 0.2) is 34.8 Å². The normalized spacial score (nSPS) is 11.1. The first-order valence-corrected chi connectivity index (χ1v) is 5.99. The highest BCUT2D eigenvalue weighted by atomic mass is 79.9. The second kappa shape index (κ2) is 5.14. The van der Waals surface area contributed by atoms with Crippen molar-refractivity contribution < 1.29 is 8.78 Å². The van der Waals surface area contributed by atoms with Crippen molar-refractivity contribution in [2.45, 2.75) is 13.0 Å². The lowest BCUT2D eigenvalue weighted by atomic mass is 10.2. The number of alkyl halides is 2. The molecule has 0 bridgehead atoms. The van der Waals surface area contributed by atoms with E-state index >= 15 is 0 Å². The van der Waals surface area contributed by atoms with Gasteiger partial charge in [-0.1, -0.05) is 39.7 Å². The Morgan fingerprint density at radius 3 is 2.71 bits per heavy atom. The van der Waals surface area contributed by atoms with Crippen molar-refractivity contribution >= 4 is 27.5 Å². The molecule has 2 aromatic rings. The van der Waals surface area contributed by atoms with Crippen molar-refractivity contribution in [1.82, 2.24) is 9.78 Å². The van der Waals surface area contributed by atoms with E-state index in [-0.39, 0.29) is 10.8 Å². The van der Waals surface area contributed by atoms with Crippen molar-refractivity contribution in [2.75, 3.05) is 0 Å². The lowest BCUT2D eigenvalue weighted by molar-refractivity contribution is 0.145. The molecule has 6 heteroatoms. The van der Waals surface area contributed by atoms with Gasteiger partial charge < -0.3 is 0 Å². The SMILES string of the molecule is FC(F)c1cc(Cl)n(Cc2cccc(Br)c2)n1. The van der Waals surface area contributed by atoms with Crippen molar-refractivity contribution in [3.8, 4) is 0 Å². The molecule has 1 heterocycles. The zero-order valence-corrected chi connectivity index (χ0v) is 10.9. The van der Waals surface area contributed by atoms with Gasteiger partial charge in [-0.15, -0.1) is 0 Å². The van der Waals surface area contributed by atoms with E-state index in [0.717, 1.165) is 10.0 Å². The number of benzene rings is 1. The van der Waals surface area contributed by atoms with E-state index in [9.17, 15) is 8.78 Å². The molecule has 0 saturated carbocycles. The largest absolute Gasteiger partial charge is 0.282 e.